The van der Waals surface area contributed by atoms with Gasteiger partial charge in [-0.2, -0.15) is 5.26 Å². The van der Waals surface area contributed by atoms with Gasteiger partial charge in [-0.25, -0.2) is 4.79 Å². The molecule has 3 fully saturated rings. The van der Waals surface area contributed by atoms with Gasteiger partial charge in [0, 0.05) is 22.4 Å². The molecule has 200 valence electrons. The first kappa shape index (κ1) is 26.3. The fraction of sp³-hybridized carbons (Fsp3) is 0.533. The lowest BCUT2D eigenvalue weighted by Gasteiger charge is -2.59. The van der Waals surface area contributed by atoms with Gasteiger partial charge in [0.1, 0.15) is 5.60 Å². The maximum atomic E-state index is 13.6. The normalized spacial score (nSPS) is 39.2. The molecule has 0 bridgehead atoms. The molecular formula is C30H34N2O6. The van der Waals surface area contributed by atoms with E-state index in [1.54, 1.807) is 30.4 Å². The molecule has 3 N–H and O–H groups in total. The number of Topliss-reactive ketones (excluding diaryl/α,β-unsaturated/α-hetero) is 1. The summed E-state index contributed by atoms with van der Waals surface area (Å²) < 4.78 is 5.21. The summed E-state index contributed by atoms with van der Waals surface area (Å²) in [4.78, 5) is 38.0. The fourth-order valence-electron chi connectivity index (χ4n) is 8.31. The first-order valence-electron chi connectivity index (χ1n) is 13.3. The van der Waals surface area contributed by atoms with Crippen molar-refractivity contribution in [3.8, 4) is 6.07 Å². The first-order chi connectivity index (χ1) is 17.9. The van der Waals surface area contributed by atoms with Crippen molar-refractivity contribution in [3.63, 3.8) is 0 Å². The average Bonchev–Trinajstić information content (AvgIpc) is 3.08. The van der Waals surface area contributed by atoms with E-state index in [2.05, 4.69) is 12.2 Å². The van der Waals surface area contributed by atoms with Crippen molar-refractivity contribution in [2.24, 2.45) is 34.5 Å². The third-order valence-corrected chi connectivity index (χ3v) is 10.1. The number of aliphatic hydroxyl groups is 2. The summed E-state index contributed by atoms with van der Waals surface area (Å²) in [6.45, 7) is 5.22. The molecule has 1 aromatic rings. The van der Waals surface area contributed by atoms with Gasteiger partial charge in [-0.05, 0) is 73.8 Å². The van der Waals surface area contributed by atoms with Crippen molar-refractivity contribution in [1.29, 1.82) is 5.26 Å². The van der Waals surface area contributed by atoms with E-state index in [1.807, 2.05) is 26.0 Å². The van der Waals surface area contributed by atoms with Crippen LogP contribution in [0.1, 0.15) is 52.0 Å². The van der Waals surface area contributed by atoms with Crippen molar-refractivity contribution in [1.82, 2.24) is 0 Å². The van der Waals surface area contributed by atoms with Crippen molar-refractivity contribution in [3.05, 3.63) is 53.6 Å². The number of hydrogen-bond donors (Lipinski definition) is 3. The summed E-state index contributed by atoms with van der Waals surface area (Å²) >= 11 is 0. The number of benzene rings is 1. The minimum Gasteiger partial charge on any atom is -0.441 e. The fourth-order valence-corrected chi connectivity index (χ4v) is 8.31. The number of aliphatic hydroxyl groups excluding tert-OH is 1. The summed E-state index contributed by atoms with van der Waals surface area (Å²) in [5.41, 5.74) is -1.31. The standard InChI is InChI=1S/C30H34N2O6/c1-17-11-23-22-8-7-19-13-21(33)9-10-28(19,2)26(22)24(34)14-29(23,3)30(17,37)25(35)16-38-27(36)32-20-6-4-5-18(12-20)15-31/h4-6,9-10,12-13,17,22-24,26,34,37H,7-8,11,14,16H2,1-3H3,(H,32,36)/t17-,22?,23?,24+,26?,28?,29?,30+/m1/s1. The molecular weight excluding hydrogens is 484 g/mol. The third kappa shape index (κ3) is 3.83. The predicted octanol–water partition coefficient (Wildman–Crippen LogP) is 3.93. The van der Waals surface area contributed by atoms with Gasteiger partial charge in [-0.3, -0.25) is 14.9 Å². The lowest BCUT2D eigenvalue weighted by molar-refractivity contribution is -0.183. The molecule has 0 aromatic heterocycles. The van der Waals surface area contributed by atoms with Gasteiger partial charge < -0.3 is 14.9 Å². The predicted molar refractivity (Wildman–Crippen MR) is 139 cm³/mol. The van der Waals surface area contributed by atoms with Crippen molar-refractivity contribution >= 4 is 23.3 Å². The Kier molecular flexibility index (Phi) is 6.36. The Balaban J connectivity index is 1.34. The number of nitriles is 1. The maximum absolute atomic E-state index is 13.6. The van der Waals surface area contributed by atoms with E-state index in [4.69, 9.17) is 10.00 Å². The molecule has 3 saturated carbocycles. The van der Waals surface area contributed by atoms with Crippen LogP contribution in [-0.2, 0) is 14.3 Å². The number of amides is 1. The van der Waals surface area contributed by atoms with E-state index < -0.39 is 41.0 Å². The second-order valence-corrected chi connectivity index (χ2v) is 11.9. The zero-order valence-electron chi connectivity index (χ0n) is 21.9. The molecule has 0 radical (unpaired) electrons. The molecule has 0 spiro atoms. The molecule has 8 atom stereocenters. The topological polar surface area (TPSA) is 137 Å². The van der Waals surface area contributed by atoms with Crippen molar-refractivity contribution < 1.29 is 29.3 Å². The Morgan fingerprint density at radius 2 is 2.05 bits per heavy atom. The van der Waals surface area contributed by atoms with Crippen LogP contribution in [0.3, 0.4) is 0 Å². The second kappa shape index (κ2) is 9.18. The molecule has 1 aromatic carbocycles. The van der Waals surface area contributed by atoms with Crippen LogP contribution in [0.5, 0.6) is 0 Å². The molecule has 0 saturated heterocycles. The van der Waals surface area contributed by atoms with Crippen molar-refractivity contribution in [2.75, 3.05) is 11.9 Å². The monoisotopic (exact) mass is 518 g/mol. The maximum Gasteiger partial charge on any atom is 0.412 e. The van der Waals surface area contributed by atoms with E-state index in [9.17, 15) is 24.6 Å². The zero-order chi connectivity index (χ0) is 27.5. The minimum absolute atomic E-state index is 0.00759. The molecule has 4 aliphatic carbocycles. The second-order valence-electron chi connectivity index (χ2n) is 11.9. The van der Waals surface area contributed by atoms with Gasteiger partial charge in [0.2, 0.25) is 5.78 Å². The van der Waals surface area contributed by atoms with Gasteiger partial charge in [0.05, 0.1) is 17.7 Å². The number of ether oxygens (including phenoxy) is 1. The summed E-state index contributed by atoms with van der Waals surface area (Å²) in [6, 6.07) is 8.31. The van der Waals surface area contributed by atoms with E-state index in [-0.39, 0.29) is 35.9 Å². The van der Waals surface area contributed by atoms with E-state index in [0.29, 0.717) is 17.7 Å². The van der Waals surface area contributed by atoms with Gasteiger partial charge in [-0.1, -0.05) is 38.5 Å². The number of hydrogen-bond acceptors (Lipinski definition) is 7. The summed E-state index contributed by atoms with van der Waals surface area (Å²) in [5, 5.41) is 35.1. The van der Waals surface area contributed by atoms with Crippen LogP contribution in [0.25, 0.3) is 0 Å². The number of rotatable bonds is 4. The lowest BCUT2D eigenvalue weighted by Crippen LogP contribution is -2.62. The highest BCUT2D eigenvalue weighted by Gasteiger charge is 2.70. The van der Waals surface area contributed by atoms with Crippen LogP contribution in [0.15, 0.2) is 48.1 Å². The zero-order valence-corrected chi connectivity index (χ0v) is 21.9. The number of anilines is 1. The molecule has 1 amide bonds. The number of ketones is 2. The number of nitrogens with one attached hydrogen (secondary N) is 1. The van der Waals surface area contributed by atoms with E-state index in [1.165, 1.54) is 6.07 Å². The van der Waals surface area contributed by atoms with Gasteiger partial charge in [0.25, 0.3) is 0 Å². The molecule has 8 heteroatoms. The number of allylic oxidation sites excluding steroid dienone is 4. The SMILES string of the molecule is C[C@@H]1CC2C3CCC4=CC(=O)C=CC4(C)C3[C@@H](O)CC2(C)[C@@]1(O)C(=O)COC(=O)Nc1cccc(C#N)c1. The molecule has 5 unspecified atom stereocenters. The van der Waals surface area contributed by atoms with Crippen molar-refractivity contribution in [2.45, 2.75) is 58.2 Å². The Morgan fingerprint density at radius 3 is 2.79 bits per heavy atom. The third-order valence-electron chi connectivity index (χ3n) is 10.1. The smallest absolute Gasteiger partial charge is 0.412 e. The average molecular weight is 519 g/mol. The van der Waals surface area contributed by atoms with E-state index in [0.717, 1.165) is 18.4 Å². The highest BCUT2D eigenvalue weighted by atomic mass is 16.6. The first-order valence-corrected chi connectivity index (χ1v) is 13.3. The Morgan fingerprint density at radius 1 is 1.29 bits per heavy atom. The lowest BCUT2D eigenvalue weighted by atomic mass is 9.46. The highest BCUT2D eigenvalue weighted by molar-refractivity contribution is 6.01. The number of nitrogens with zero attached hydrogens (tertiary/aromatic N) is 1. The molecule has 5 rings (SSSR count). The van der Waals surface area contributed by atoms with E-state index >= 15 is 0 Å². The van der Waals surface area contributed by atoms with Gasteiger partial charge in [-0.15, -0.1) is 0 Å². The summed E-state index contributed by atoms with van der Waals surface area (Å²) in [5.74, 6) is -1.03. The number of fused-ring (bicyclic) bond motifs is 5. The van der Waals surface area contributed by atoms with Crippen LogP contribution >= 0.6 is 0 Å². The molecule has 0 heterocycles. The Bertz CT molecular complexity index is 1300. The largest absolute Gasteiger partial charge is 0.441 e. The number of carbonyl (C=O) groups is 3. The summed E-state index contributed by atoms with van der Waals surface area (Å²) in [7, 11) is 0. The summed E-state index contributed by atoms with van der Waals surface area (Å²) in [6.07, 6.45) is 5.98. The van der Waals surface area contributed by atoms with Crippen LogP contribution < -0.4 is 5.32 Å². The Hall–Kier alpha value is -3.28. The van der Waals surface area contributed by atoms with Gasteiger partial charge >= 0.3 is 6.09 Å². The Labute approximate surface area is 222 Å². The van der Waals surface area contributed by atoms with Crippen LogP contribution in [0.2, 0.25) is 0 Å². The molecule has 4 aliphatic rings. The van der Waals surface area contributed by atoms with Crippen LogP contribution in [0, 0.1) is 45.8 Å². The molecule has 38 heavy (non-hydrogen) atoms. The number of carbonyl (C=O) groups excluding carboxylic acids is 3. The van der Waals surface area contributed by atoms with Crippen LogP contribution in [0.4, 0.5) is 10.5 Å². The van der Waals surface area contributed by atoms with Crippen LogP contribution in [-0.4, -0.2) is 46.2 Å². The quantitative estimate of drug-likeness (QED) is 0.549. The van der Waals surface area contributed by atoms with Gasteiger partial charge in [0.15, 0.2) is 12.4 Å². The molecule has 0 aliphatic heterocycles. The highest BCUT2D eigenvalue weighted by Crippen LogP contribution is 2.68. The minimum atomic E-state index is -1.76. The molecule has 8 nitrogen and oxygen atoms in total.